The predicted octanol–water partition coefficient (Wildman–Crippen LogP) is 2.15. The standard InChI is InChI=1S/C14H27NO4/c1-6-11(7-2)15(8-9-19-5)12(16)10-14(3,4)13(17)18/h11H,6-10H2,1-5H3,(H,17,18). The first-order chi connectivity index (χ1) is 8.80. The van der Waals surface area contributed by atoms with Gasteiger partial charge in [0.2, 0.25) is 5.91 Å². The second kappa shape index (κ2) is 8.15. The van der Waals surface area contributed by atoms with Crippen LogP contribution in [0.15, 0.2) is 0 Å². The second-order valence-electron chi connectivity index (χ2n) is 5.42. The maximum Gasteiger partial charge on any atom is 0.309 e. The van der Waals surface area contributed by atoms with Gasteiger partial charge in [0.25, 0.3) is 0 Å². The van der Waals surface area contributed by atoms with Crippen LogP contribution in [0.5, 0.6) is 0 Å². The molecule has 0 aromatic heterocycles. The Bertz CT molecular complexity index is 298. The Morgan fingerprint density at radius 1 is 1.26 bits per heavy atom. The highest BCUT2D eigenvalue weighted by Crippen LogP contribution is 2.23. The van der Waals surface area contributed by atoms with Gasteiger partial charge in [-0.05, 0) is 26.7 Å². The first kappa shape index (κ1) is 17.9. The topological polar surface area (TPSA) is 66.8 Å². The van der Waals surface area contributed by atoms with Gasteiger partial charge in [0.05, 0.1) is 12.0 Å². The molecule has 0 aromatic rings. The molecular weight excluding hydrogens is 246 g/mol. The maximum absolute atomic E-state index is 12.3. The average molecular weight is 273 g/mol. The monoisotopic (exact) mass is 273 g/mol. The van der Waals surface area contributed by atoms with Crippen LogP contribution in [0.3, 0.4) is 0 Å². The molecule has 0 spiro atoms. The van der Waals surface area contributed by atoms with E-state index in [4.69, 9.17) is 9.84 Å². The number of hydrogen-bond donors (Lipinski definition) is 1. The molecule has 5 heteroatoms. The number of nitrogens with zero attached hydrogens (tertiary/aromatic N) is 1. The van der Waals surface area contributed by atoms with Crippen molar-refractivity contribution in [1.29, 1.82) is 0 Å². The number of carboxylic acids is 1. The highest BCUT2D eigenvalue weighted by atomic mass is 16.5. The Balaban J connectivity index is 4.84. The number of carbonyl (C=O) groups excluding carboxylic acids is 1. The van der Waals surface area contributed by atoms with Crippen molar-refractivity contribution in [2.45, 2.75) is 53.0 Å². The van der Waals surface area contributed by atoms with Crippen molar-refractivity contribution < 1.29 is 19.4 Å². The third-order valence-corrected chi connectivity index (χ3v) is 3.41. The van der Waals surface area contributed by atoms with Crippen LogP contribution >= 0.6 is 0 Å². The van der Waals surface area contributed by atoms with Crippen molar-refractivity contribution in [2.24, 2.45) is 5.41 Å². The van der Waals surface area contributed by atoms with Crippen molar-refractivity contribution >= 4 is 11.9 Å². The number of carboxylic acid groups (broad SMARTS) is 1. The lowest BCUT2D eigenvalue weighted by Gasteiger charge is -2.32. The molecule has 0 rings (SSSR count). The smallest absolute Gasteiger partial charge is 0.309 e. The van der Waals surface area contributed by atoms with E-state index in [0.29, 0.717) is 13.2 Å². The van der Waals surface area contributed by atoms with E-state index in [-0.39, 0.29) is 18.4 Å². The van der Waals surface area contributed by atoms with E-state index in [1.807, 2.05) is 13.8 Å². The Labute approximate surface area is 115 Å². The molecule has 0 atom stereocenters. The molecule has 0 aliphatic carbocycles. The van der Waals surface area contributed by atoms with E-state index in [0.717, 1.165) is 12.8 Å². The Hall–Kier alpha value is -1.10. The van der Waals surface area contributed by atoms with E-state index < -0.39 is 11.4 Å². The van der Waals surface area contributed by atoms with E-state index in [9.17, 15) is 9.59 Å². The predicted molar refractivity (Wildman–Crippen MR) is 74.0 cm³/mol. The molecule has 5 nitrogen and oxygen atoms in total. The van der Waals surface area contributed by atoms with Crippen molar-refractivity contribution in [3.8, 4) is 0 Å². The summed E-state index contributed by atoms with van der Waals surface area (Å²) in [5, 5.41) is 9.11. The van der Waals surface area contributed by atoms with Gasteiger partial charge in [0.15, 0.2) is 0 Å². The lowest BCUT2D eigenvalue weighted by Crippen LogP contribution is -2.44. The van der Waals surface area contributed by atoms with E-state index >= 15 is 0 Å². The second-order valence-corrected chi connectivity index (χ2v) is 5.42. The summed E-state index contributed by atoms with van der Waals surface area (Å²) in [5.41, 5.74) is -1.03. The molecule has 0 heterocycles. The quantitative estimate of drug-likeness (QED) is 0.699. The molecule has 0 aromatic carbocycles. The van der Waals surface area contributed by atoms with Crippen LogP contribution in [-0.2, 0) is 14.3 Å². The zero-order valence-electron chi connectivity index (χ0n) is 12.7. The summed E-state index contributed by atoms with van der Waals surface area (Å²) < 4.78 is 5.03. The zero-order chi connectivity index (χ0) is 15.1. The van der Waals surface area contributed by atoms with Crippen LogP contribution < -0.4 is 0 Å². The highest BCUT2D eigenvalue weighted by Gasteiger charge is 2.33. The summed E-state index contributed by atoms with van der Waals surface area (Å²) in [5.74, 6) is -1.06. The van der Waals surface area contributed by atoms with Crippen LogP contribution in [0.1, 0.15) is 47.0 Å². The third kappa shape index (κ3) is 5.59. The molecule has 0 saturated carbocycles. The first-order valence-corrected chi connectivity index (χ1v) is 6.81. The van der Waals surface area contributed by atoms with Gasteiger partial charge in [-0.2, -0.15) is 0 Å². The summed E-state index contributed by atoms with van der Waals surface area (Å²) in [6.07, 6.45) is 1.74. The minimum atomic E-state index is -1.03. The Morgan fingerprint density at radius 3 is 2.16 bits per heavy atom. The van der Waals surface area contributed by atoms with E-state index in [1.54, 1.807) is 25.9 Å². The molecule has 1 N–H and O–H groups in total. The fraction of sp³-hybridized carbons (Fsp3) is 0.857. The molecule has 19 heavy (non-hydrogen) atoms. The van der Waals surface area contributed by atoms with Gasteiger partial charge >= 0.3 is 5.97 Å². The minimum Gasteiger partial charge on any atom is -0.481 e. The number of methoxy groups -OCH3 is 1. The molecule has 0 unspecified atom stereocenters. The fourth-order valence-electron chi connectivity index (χ4n) is 1.99. The van der Waals surface area contributed by atoms with Crippen LogP contribution in [0.25, 0.3) is 0 Å². The molecule has 112 valence electrons. The van der Waals surface area contributed by atoms with Gasteiger partial charge in [-0.1, -0.05) is 13.8 Å². The Morgan fingerprint density at radius 2 is 1.79 bits per heavy atom. The molecule has 0 aliphatic rings. The molecule has 0 radical (unpaired) electrons. The SMILES string of the molecule is CCC(CC)N(CCOC)C(=O)CC(C)(C)C(=O)O. The largest absolute Gasteiger partial charge is 0.481 e. The minimum absolute atomic E-state index is 0.0164. The number of amides is 1. The number of rotatable bonds is 9. The van der Waals surface area contributed by atoms with E-state index in [1.165, 1.54) is 0 Å². The van der Waals surface area contributed by atoms with Crippen molar-refractivity contribution in [3.63, 3.8) is 0 Å². The van der Waals surface area contributed by atoms with Crippen LogP contribution in [-0.4, -0.2) is 48.2 Å². The normalized spacial score (nSPS) is 11.7. The van der Waals surface area contributed by atoms with Crippen molar-refractivity contribution in [3.05, 3.63) is 0 Å². The fourth-order valence-corrected chi connectivity index (χ4v) is 1.99. The maximum atomic E-state index is 12.3. The summed E-state index contributed by atoms with van der Waals surface area (Å²) in [7, 11) is 1.59. The Kier molecular flexibility index (Phi) is 7.68. The average Bonchev–Trinajstić information content (AvgIpc) is 2.33. The molecular formula is C14H27NO4. The first-order valence-electron chi connectivity index (χ1n) is 6.81. The van der Waals surface area contributed by atoms with Gasteiger partial charge in [-0.15, -0.1) is 0 Å². The summed E-state index contributed by atoms with van der Waals surface area (Å²) >= 11 is 0. The summed E-state index contributed by atoms with van der Waals surface area (Å²) in [6.45, 7) is 8.20. The molecule has 0 fully saturated rings. The number of carbonyl (C=O) groups is 2. The lowest BCUT2D eigenvalue weighted by atomic mass is 9.88. The lowest BCUT2D eigenvalue weighted by molar-refractivity contribution is -0.152. The van der Waals surface area contributed by atoms with Gasteiger partial charge in [-0.25, -0.2) is 0 Å². The van der Waals surface area contributed by atoms with Crippen LogP contribution in [0, 0.1) is 5.41 Å². The third-order valence-electron chi connectivity index (χ3n) is 3.41. The highest BCUT2D eigenvalue weighted by molar-refractivity contribution is 5.84. The van der Waals surface area contributed by atoms with Gasteiger partial charge < -0.3 is 14.7 Å². The number of aliphatic carboxylic acids is 1. The molecule has 1 amide bonds. The van der Waals surface area contributed by atoms with E-state index in [2.05, 4.69) is 0 Å². The molecule has 0 saturated heterocycles. The van der Waals surface area contributed by atoms with Gasteiger partial charge in [0, 0.05) is 26.1 Å². The van der Waals surface area contributed by atoms with Crippen molar-refractivity contribution in [1.82, 2.24) is 4.90 Å². The summed E-state index contributed by atoms with van der Waals surface area (Å²) in [4.78, 5) is 25.2. The summed E-state index contributed by atoms with van der Waals surface area (Å²) in [6, 6.07) is 0.146. The zero-order valence-corrected chi connectivity index (χ0v) is 12.7. The van der Waals surface area contributed by atoms with Crippen LogP contribution in [0.2, 0.25) is 0 Å². The number of hydrogen-bond acceptors (Lipinski definition) is 3. The van der Waals surface area contributed by atoms with Crippen molar-refractivity contribution in [2.75, 3.05) is 20.3 Å². The molecule has 0 aliphatic heterocycles. The van der Waals surface area contributed by atoms with Gasteiger partial charge in [0.1, 0.15) is 0 Å². The van der Waals surface area contributed by atoms with Crippen LogP contribution in [0.4, 0.5) is 0 Å². The van der Waals surface area contributed by atoms with Gasteiger partial charge in [-0.3, -0.25) is 9.59 Å². The molecule has 0 bridgehead atoms. The number of ether oxygens (including phenoxy) is 1.